The van der Waals surface area contributed by atoms with Gasteiger partial charge in [-0.25, -0.2) is 0 Å². The average Bonchev–Trinajstić information content (AvgIpc) is 3.12. The molecule has 0 saturated heterocycles. The van der Waals surface area contributed by atoms with Gasteiger partial charge in [-0.3, -0.25) is 4.79 Å². The lowest BCUT2D eigenvalue weighted by molar-refractivity contribution is -0.134. The highest BCUT2D eigenvalue weighted by atomic mass is 16.2. The van der Waals surface area contributed by atoms with Gasteiger partial charge in [0.05, 0.1) is 0 Å². The first kappa shape index (κ1) is 12.9. The van der Waals surface area contributed by atoms with E-state index in [4.69, 9.17) is 5.73 Å². The maximum atomic E-state index is 12.2. The summed E-state index contributed by atoms with van der Waals surface area (Å²) in [6, 6.07) is 0.548. The van der Waals surface area contributed by atoms with Crippen LogP contribution < -0.4 is 5.73 Å². The molecule has 3 unspecified atom stereocenters. The van der Waals surface area contributed by atoms with Crippen molar-refractivity contribution in [2.45, 2.75) is 64.0 Å². The van der Waals surface area contributed by atoms with E-state index in [1.165, 1.54) is 38.5 Å². The lowest BCUT2D eigenvalue weighted by Crippen LogP contribution is -2.44. The molecule has 0 radical (unpaired) electrons. The van der Waals surface area contributed by atoms with Crippen LogP contribution in [0.3, 0.4) is 0 Å². The first-order valence-electron chi connectivity index (χ1n) is 7.11. The Kier molecular flexibility index (Phi) is 4.08. The quantitative estimate of drug-likeness (QED) is 0.815. The molecule has 3 nitrogen and oxygen atoms in total. The minimum absolute atomic E-state index is 0.101. The third-order valence-electron chi connectivity index (χ3n) is 4.59. The molecule has 0 aromatic rings. The fourth-order valence-corrected chi connectivity index (χ4v) is 3.09. The van der Waals surface area contributed by atoms with Crippen LogP contribution in [0.5, 0.6) is 0 Å². The molecule has 2 aliphatic carbocycles. The Morgan fingerprint density at radius 1 is 1.29 bits per heavy atom. The van der Waals surface area contributed by atoms with Crippen LogP contribution in [-0.4, -0.2) is 29.9 Å². The smallest absolute Gasteiger partial charge is 0.224 e. The number of carbonyl (C=O) groups excluding carboxylic acids is 1. The van der Waals surface area contributed by atoms with Gasteiger partial charge in [-0.2, -0.15) is 0 Å². The molecule has 2 fully saturated rings. The zero-order chi connectivity index (χ0) is 12.4. The topological polar surface area (TPSA) is 46.3 Å². The number of rotatable bonds is 4. The van der Waals surface area contributed by atoms with E-state index < -0.39 is 0 Å². The van der Waals surface area contributed by atoms with E-state index in [-0.39, 0.29) is 11.9 Å². The minimum atomic E-state index is 0.101. The van der Waals surface area contributed by atoms with Crippen molar-refractivity contribution in [3.05, 3.63) is 0 Å². The maximum Gasteiger partial charge on any atom is 0.224 e. The van der Waals surface area contributed by atoms with Crippen LogP contribution in [0.4, 0.5) is 0 Å². The van der Waals surface area contributed by atoms with E-state index in [2.05, 4.69) is 6.92 Å². The average molecular weight is 238 g/mol. The van der Waals surface area contributed by atoms with Crippen LogP contribution in [0.15, 0.2) is 0 Å². The summed E-state index contributed by atoms with van der Waals surface area (Å²) >= 11 is 0. The molecule has 0 bridgehead atoms. The van der Waals surface area contributed by atoms with E-state index in [0.717, 1.165) is 0 Å². The Balaban J connectivity index is 1.84. The monoisotopic (exact) mass is 238 g/mol. The summed E-state index contributed by atoms with van der Waals surface area (Å²) in [6.45, 7) is 2.27. The third-order valence-corrected chi connectivity index (χ3v) is 4.59. The van der Waals surface area contributed by atoms with Gasteiger partial charge < -0.3 is 10.6 Å². The Morgan fingerprint density at radius 3 is 2.53 bits per heavy atom. The van der Waals surface area contributed by atoms with Gasteiger partial charge in [0, 0.05) is 25.6 Å². The molecule has 3 heteroatoms. The second-order valence-electron chi connectivity index (χ2n) is 6.04. The summed E-state index contributed by atoms with van der Waals surface area (Å²) in [5.74, 6) is 1.52. The zero-order valence-corrected chi connectivity index (χ0v) is 11.2. The number of carbonyl (C=O) groups is 1. The lowest BCUT2D eigenvalue weighted by Gasteiger charge is -2.36. The van der Waals surface area contributed by atoms with Crippen molar-refractivity contribution in [3.8, 4) is 0 Å². The molecule has 2 aliphatic rings. The summed E-state index contributed by atoms with van der Waals surface area (Å²) in [7, 11) is 1.97. The second-order valence-corrected chi connectivity index (χ2v) is 6.04. The molecule has 2 rings (SSSR count). The van der Waals surface area contributed by atoms with Gasteiger partial charge in [0.25, 0.3) is 0 Å². The van der Waals surface area contributed by atoms with Crippen LogP contribution in [-0.2, 0) is 4.79 Å². The fraction of sp³-hybridized carbons (Fsp3) is 0.929. The van der Waals surface area contributed by atoms with E-state index in [1.54, 1.807) is 0 Å². The molecule has 17 heavy (non-hydrogen) atoms. The normalized spacial score (nSPS) is 31.0. The number of hydrogen-bond acceptors (Lipinski definition) is 2. The van der Waals surface area contributed by atoms with Gasteiger partial charge >= 0.3 is 0 Å². The van der Waals surface area contributed by atoms with E-state index >= 15 is 0 Å². The molecule has 0 aromatic carbocycles. The Bertz CT molecular complexity index is 275. The summed E-state index contributed by atoms with van der Waals surface area (Å²) in [4.78, 5) is 14.2. The standard InChI is InChI=1S/C14H26N2O/c1-10-5-3-4-6-13(10)16(2)14(17)9-12(15)11-7-8-11/h10-13H,3-9,15H2,1-2H3. The van der Waals surface area contributed by atoms with Gasteiger partial charge in [-0.15, -0.1) is 0 Å². The molecule has 0 spiro atoms. The number of amides is 1. The van der Waals surface area contributed by atoms with Gasteiger partial charge in [0.15, 0.2) is 0 Å². The van der Waals surface area contributed by atoms with E-state index in [0.29, 0.717) is 24.3 Å². The molecule has 0 aliphatic heterocycles. The molecule has 2 N–H and O–H groups in total. The SMILES string of the molecule is CC1CCCCC1N(C)C(=O)CC(N)C1CC1. The van der Waals surface area contributed by atoms with Crippen molar-refractivity contribution >= 4 is 5.91 Å². The van der Waals surface area contributed by atoms with Gasteiger partial charge in [-0.05, 0) is 37.5 Å². The number of hydrogen-bond donors (Lipinski definition) is 1. The van der Waals surface area contributed by atoms with Crippen LogP contribution in [0.1, 0.15) is 51.9 Å². The number of nitrogens with zero attached hydrogens (tertiary/aromatic N) is 1. The summed E-state index contributed by atoms with van der Waals surface area (Å²) in [5.41, 5.74) is 6.03. The Morgan fingerprint density at radius 2 is 1.94 bits per heavy atom. The highest BCUT2D eigenvalue weighted by molar-refractivity contribution is 5.77. The molecule has 0 aromatic heterocycles. The Hall–Kier alpha value is -0.570. The molecule has 2 saturated carbocycles. The first-order valence-corrected chi connectivity index (χ1v) is 7.11. The zero-order valence-electron chi connectivity index (χ0n) is 11.2. The van der Waals surface area contributed by atoms with Crippen molar-refractivity contribution < 1.29 is 4.79 Å². The summed E-state index contributed by atoms with van der Waals surface area (Å²) in [5, 5.41) is 0. The predicted molar refractivity (Wildman–Crippen MR) is 69.5 cm³/mol. The maximum absolute atomic E-state index is 12.2. The summed E-state index contributed by atoms with van der Waals surface area (Å²) in [6.07, 6.45) is 8.00. The van der Waals surface area contributed by atoms with Crippen molar-refractivity contribution in [2.75, 3.05) is 7.05 Å². The van der Waals surface area contributed by atoms with Crippen molar-refractivity contribution in [3.63, 3.8) is 0 Å². The van der Waals surface area contributed by atoms with E-state index in [9.17, 15) is 4.79 Å². The van der Waals surface area contributed by atoms with Crippen molar-refractivity contribution in [2.24, 2.45) is 17.6 Å². The van der Waals surface area contributed by atoms with Crippen molar-refractivity contribution in [1.82, 2.24) is 4.90 Å². The van der Waals surface area contributed by atoms with Crippen LogP contribution in [0, 0.1) is 11.8 Å². The molecule has 0 heterocycles. The third kappa shape index (κ3) is 3.21. The van der Waals surface area contributed by atoms with Gasteiger partial charge in [0.1, 0.15) is 0 Å². The minimum Gasteiger partial charge on any atom is -0.342 e. The Labute approximate surface area is 105 Å². The largest absolute Gasteiger partial charge is 0.342 e. The van der Waals surface area contributed by atoms with Gasteiger partial charge in [-0.1, -0.05) is 19.8 Å². The summed E-state index contributed by atoms with van der Waals surface area (Å²) < 4.78 is 0. The second kappa shape index (κ2) is 5.38. The molecular weight excluding hydrogens is 212 g/mol. The van der Waals surface area contributed by atoms with Crippen LogP contribution in [0.25, 0.3) is 0 Å². The van der Waals surface area contributed by atoms with Crippen LogP contribution >= 0.6 is 0 Å². The van der Waals surface area contributed by atoms with Crippen LogP contribution in [0.2, 0.25) is 0 Å². The highest BCUT2D eigenvalue weighted by Gasteiger charge is 2.33. The molecule has 3 atom stereocenters. The first-order chi connectivity index (χ1) is 8.09. The number of nitrogens with two attached hydrogens (primary N) is 1. The molecular formula is C14H26N2O. The molecule has 98 valence electrons. The fourth-order valence-electron chi connectivity index (χ4n) is 3.09. The van der Waals surface area contributed by atoms with Gasteiger partial charge in [0.2, 0.25) is 5.91 Å². The molecule has 1 amide bonds. The van der Waals surface area contributed by atoms with E-state index in [1.807, 2.05) is 11.9 Å². The van der Waals surface area contributed by atoms with Crippen molar-refractivity contribution in [1.29, 1.82) is 0 Å². The lowest BCUT2D eigenvalue weighted by atomic mass is 9.85. The highest BCUT2D eigenvalue weighted by Crippen LogP contribution is 2.33. The predicted octanol–water partition coefficient (Wildman–Crippen LogP) is 2.15.